The molecular weight excluding hydrogens is 1060 g/mol. The van der Waals surface area contributed by atoms with E-state index in [1.165, 1.54) is 16.3 Å². The van der Waals surface area contributed by atoms with Crippen molar-refractivity contribution < 1.29 is 110 Å². The largest absolute Gasteiger partial charge is 0.416 e. The Labute approximate surface area is 400 Å². The second-order valence-electron chi connectivity index (χ2n) is 16.4. The van der Waals surface area contributed by atoms with Crippen molar-refractivity contribution >= 4 is 38.8 Å². The zero-order valence-corrected chi connectivity index (χ0v) is 36.2. The van der Waals surface area contributed by atoms with E-state index in [1.807, 2.05) is 6.07 Å². The highest BCUT2D eigenvalue weighted by atomic mass is 19.4. The van der Waals surface area contributed by atoms with E-state index in [0.717, 1.165) is 6.54 Å². The Bertz CT molecular complexity index is 2690. The molecule has 0 N–H and O–H groups in total. The fraction of sp³-hybridized carbons (Fsp3) is 0.188. The Morgan fingerprint density at radius 2 is 0.541 bits per heavy atom. The molecule has 0 aliphatic rings. The molecule has 0 radical (unpaired) electrons. The van der Waals surface area contributed by atoms with Crippen LogP contribution in [0.15, 0.2) is 146 Å². The summed E-state index contributed by atoms with van der Waals surface area (Å²) in [6, 6.07) is 12.4. The van der Waals surface area contributed by atoms with Crippen molar-refractivity contribution in [1.82, 2.24) is 0 Å². The first-order valence-electron chi connectivity index (χ1n) is 20.5. The van der Waals surface area contributed by atoms with Crippen LogP contribution in [0.25, 0.3) is 10.8 Å². The molecule has 0 atom stereocenters. The zero-order chi connectivity index (χ0) is 55.4. The molecule has 74 heavy (non-hydrogen) atoms. The van der Waals surface area contributed by atoms with Crippen molar-refractivity contribution in [2.75, 3.05) is 0 Å². The first kappa shape index (κ1) is 56.4. The Balaban J connectivity index is 0.000000436. The number of alkyl halides is 24. The molecule has 0 amide bonds. The molecule has 0 aliphatic carbocycles. The summed E-state index contributed by atoms with van der Waals surface area (Å²) in [5.74, 6) is 0. The molecule has 0 spiro atoms. The summed E-state index contributed by atoms with van der Waals surface area (Å²) in [6.07, 6.45) is -50.6. The molecule has 6 aromatic carbocycles. The van der Waals surface area contributed by atoms with Crippen LogP contribution in [0.3, 0.4) is 0 Å². The summed E-state index contributed by atoms with van der Waals surface area (Å²) >= 11 is 0. The summed E-state index contributed by atoms with van der Waals surface area (Å²) in [5.41, 5.74) is -28.8. The Morgan fingerprint density at radius 1 is 0.284 bits per heavy atom. The SMILES string of the molecule is FC(F)(F)c1cc([B-](c2cc(C(F)(F)F)cc(C(F)(F)F)c2)(c2cc(C(F)(F)F)cc(C(F)(F)F)c2)c2cc(C(F)(F)F)cc(C(F)(F)F)c2)cc(C(F)(F)F)c1.c1cc[n+](Cc2cccc3ccccc23)cc1. The van der Waals surface area contributed by atoms with Gasteiger partial charge >= 0.3 is 49.4 Å². The number of pyridine rings is 1. The fourth-order valence-electron chi connectivity index (χ4n) is 8.24. The van der Waals surface area contributed by atoms with Gasteiger partial charge in [-0.05, 0) is 35.0 Å². The maximum atomic E-state index is 14.2. The van der Waals surface area contributed by atoms with Crippen LogP contribution in [-0.4, -0.2) is 6.15 Å². The van der Waals surface area contributed by atoms with E-state index in [1.54, 1.807) is 0 Å². The minimum atomic E-state index is -6.13. The number of rotatable bonds is 6. The standard InChI is InChI=1S/C32H12BF24.C16H14N/c34-25(35,36)13-1-14(26(37,38)39)6-21(5-13)33(22-7-15(27(40,41)42)2-16(8-22)28(43,44)45,23-9-17(29(46,47)48)3-18(10-23)30(49,50)51)24-11-19(31(52,53)54)4-20(12-24)32(55,56)57;1-4-11-17(12-5-1)13-15-9-6-8-14-7-2-3-10-16(14)15/h1-12H;1-12H,13H2/q-1;+1. The lowest BCUT2D eigenvalue weighted by atomic mass is 9.12. The van der Waals surface area contributed by atoms with Gasteiger partial charge in [-0.15, -0.1) is 0 Å². The average Bonchev–Trinajstić information content (AvgIpc) is 3.27. The third-order valence-electron chi connectivity index (χ3n) is 11.5. The molecular formula is C48H26BF24N. The molecule has 7 aromatic rings. The maximum Gasteiger partial charge on any atom is 0.416 e. The van der Waals surface area contributed by atoms with Gasteiger partial charge in [0.25, 0.3) is 0 Å². The number of hydrogen-bond acceptors (Lipinski definition) is 0. The monoisotopic (exact) mass is 1080 g/mol. The van der Waals surface area contributed by atoms with E-state index in [0.29, 0.717) is 0 Å². The first-order chi connectivity index (χ1) is 33.7. The molecule has 1 nitrogen and oxygen atoms in total. The lowest BCUT2D eigenvalue weighted by Gasteiger charge is -2.46. The molecule has 0 fully saturated rings. The predicted octanol–water partition coefficient (Wildman–Crippen LogP) is 14.4. The molecule has 0 saturated carbocycles. The van der Waals surface area contributed by atoms with E-state index in [-0.39, 0.29) is 0 Å². The number of fused-ring (bicyclic) bond motifs is 1. The number of nitrogens with zero attached hydrogens (tertiary/aromatic N) is 1. The van der Waals surface area contributed by atoms with Crippen LogP contribution in [0.1, 0.15) is 50.1 Å². The Hall–Kier alpha value is -6.89. The lowest BCUT2D eigenvalue weighted by molar-refractivity contribution is -0.688. The van der Waals surface area contributed by atoms with Gasteiger partial charge in [0, 0.05) is 17.7 Å². The van der Waals surface area contributed by atoms with Crippen molar-refractivity contribution in [1.29, 1.82) is 0 Å². The summed E-state index contributed by atoms with van der Waals surface area (Å²) in [4.78, 5) is 0. The van der Waals surface area contributed by atoms with Gasteiger partial charge in [-0.3, -0.25) is 0 Å². The van der Waals surface area contributed by atoms with Crippen LogP contribution in [0, 0.1) is 0 Å². The summed E-state index contributed by atoms with van der Waals surface area (Å²) in [5, 5.41) is 2.65. The van der Waals surface area contributed by atoms with Crippen molar-refractivity contribution in [3.8, 4) is 0 Å². The Kier molecular flexibility index (Phi) is 14.8. The van der Waals surface area contributed by atoms with E-state index in [4.69, 9.17) is 0 Å². The van der Waals surface area contributed by atoms with Gasteiger partial charge in [0.15, 0.2) is 18.9 Å². The third kappa shape index (κ3) is 12.5. The topological polar surface area (TPSA) is 3.88 Å². The molecule has 0 aliphatic heterocycles. The maximum absolute atomic E-state index is 14.2. The average molecular weight is 1080 g/mol. The lowest BCUT2D eigenvalue weighted by Crippen LogP contribution is -2.75. The van der Waals surface area contributed by atoms with Gasteiger partial charge < -0.3 is 0 Å². The molecule has 26 heteroatoms. The van der Waals surface area contributed by atoms with E-state index < -0.39 is 195 Å². The Morgan fingerprint density at radius 3 is 0.811 bits per heavy atom. The van der Waals surface area contributed by atoms with Crippen molar-refractivity contribution in [2.45, 2.75) is 56.0 Å². The van der Waals surface area contributed by atoms with Crippen LogP contribution in [0.2, 0.25) is 0 Å². The first-order valence-corrected chi connectivity index (χ1v) is 20.5. The summed E-state index contributed by atoms with van der Waals surface area (Å²) < 4.78 is 343. The van der Waals surface area contributed by atoms with Crippen LogP contribution in [0.4, 0.5) is 105 Å². The molecule has 0 saturated heterocycles. The van der Waals surface area contributed by atoms with Crippen molar-refractivity contribution in [3.63, 3.8) is 0 Å². The van der Waals surface area contributed by atoms with Crippen molar-refractivity contribution in [2.24, 2.45) is 0 Å². The number of hydrogen-bond donors (Lipinski definition) is 0. The molecule has 7 rings (SSSR count). The van der Waals surface area contributed by atoms with E-state index in [2.05, 4.69) is 71.6 Å². The van der Waals surface area contributed by atoms with Crippen molar-refractivity contribution in [3.05, 3.63) is 196 Å². The van der Waals surface area contributed by atoms with Gasteiger partial charge in [-0.2, -0.15) is 127 Å². The smallest absolute Gasteiger partial charge is 0.201 e. The summed E-state index contributed by atoms with van der Waals surface area (Å²) in [7, 11) is 0. The molecule has 0 bridgehead atoms. The van der Waals surface area contributed by atoms with Gasteiger partial charge in [-0.1, -0.05) is 97.1 Å². The van der Waals surface area contributed by atoms with Gasteiger partial charge in [-0.25, -0.2) is 4.57 Å². The highest BCUT2D eigenvalue weighted by molar-refractivity contribution is 7.20. The second-order valence-corrected chi connectivity index (χ2v) is 16.4. The molecule has 0 unspecified atom stereocenters. The normalized spacial score (nSPS) is 13.5. The quantitative estimate of drug-likeness (QED) is 0.0888. The minimum absolute atomic E-state index is 0.691. The van der Waals surface area contributed by atoms with E-state index >= 15 is 0 Å². The second kappa shape index (κ2) is 19.4. The number of aromatic nitrogens is 1. The predicted molar refractivity (Wildman–Crippen MR) is 220 cm³/mol. The fourth-order valence-corrected chi connectivity index (χ4v) is 8.24. The highest BCUT2D eigenvalue weighted by Gasteiger charge is 2.47. The molecule has 394 valence electrons. The summed E-state index contributed by atoms with van der Waals surface area (Å²) in [6.45, 7) is 0.919. The van der Waals surface area contributed by atoms with Crippen LogP contribution in [0.5, 0.6) is 0 Å². The molecule has 1 heterocycles. The van der Waals surface area contributed by atoms with Gasteiger partial charge in [0.2, 0.25) is 0 Å². The van der Waals surface area contributed by atoms with Crippen LogP contribution < -0.4 is 26.4 Å². The number of benzene rings is 6. The van der Waals surface area contributed by atoms with Gasteiger partial charge in [0.05, 0.1) is 44.5 Å². The van der Waals surface area contributed by atoms with Crippen LogP contribution in [-0.2, 0) is 56.0 Å². The minimum Gasteiger partial charge on any atom is -0.201 e. The van der Waals surface area contributed by atoms with Crippen LogP contribution >= 0.6 is 0 Å². The molecule has 1 aromatic heterocycles. The van der Waals surface area contributed by atoms with Gasteiger partial charge in [0.1, 0.15) is 6.15 Å². The third-order valence-corrected chi connectivity index (χ3v) is 11.5. The highest BCUT2D eigenvalue weighted by Crippen LogP contribution is 2.41. The number of halogens is 24. The van der Waals surface area contributed by atoms with E-state index in [9.17, 15) is 105 Å². The zero-order valence-electron chi connectivity index (χ0n) is 36.2.